The second-order valence-corrected chi connectivity index (χ2v) is 6.42. The number of nitrogens with zero attached hydrogens (tertiary/aromatic N) is 2. The van der Waals surface area contributed by atoms with Crippen LogP contribution in [0.1, 0.15) is 17.1 Å². The molecule has 0 bridgehead atoms. The van der Waals surface area contributed by atoms with E-state index in [1.165, 1.54) is 5.56 Å². The van der Waals surface area contributed by atoms with Crippen molar-refractivity contribution in [2.45, 2.75) is 19.9 Å². The van der Waals surface area contributed by atoms with E-state index in [0.717, 1.165) is 65.1 Å². The fraction of sp³-hybridized carbons (Fsp3) is 0.350. The Morgan fingerprint density at radius 3 is 2.58 bits per heavy atom. The van der Waals surface area contributed by atoms with Crippen LogP contribution in [0, 0.1) is 6.92 Å². The van der Waals surface area contributed by atoms with Crippen LogP contribution in [0.5, 0.6) is 11.5 Å². The Morgan fingerprint density at radius 2 is 1.85 bits per heavy atom. The number of rotatable bonds is 4. The van der Waals surface area contributed by atoms with Gasteiger partial charge in [-0.15, -0.1) is 0 Å². The Morgan fingerprint density at radius 1 is 1.08 bits per heavy atom. The lowest BCUT2D eigenvalue weighted by atomic mass is 9.94. The van der Waals surface area contributed by atoms with Crippen LogP contribution in [0.2, 0.25) is 0 Å². The summed E-state index contributed by atoms with van der Waals surface area (Å²) in [7, 11) is 5.01. The summed E-state index contributed by atoms with van der Waals surface area (Å²) >= 11 is 0. The van der Waals surface area contributed by atoms with E-state index in [1.54, 1.807) is 21.3 Å². The molecule has 0 unspecified atom stereocenters. The Bertz CT molecular complexity index is 925. The van der Waals surface area contributed by atoms with E-state index in [-0.39, 0.29) is 0 Å². The molecule has 0 aliphatic carbocycles. The van der Waals surface area contributed by atoms with Crippen molar-refractivity contribution in [3.63, 3.8) is 0 Å². The van der Waals surface area contributed by atoms with Gasteiger partial charge in [0, 0.05) is 30.4 Å². The monoisotopic (exact) mass is 353 g/mol. The number of dihydropyridines is 1. The minimum Gasteiger partial charge on any atom is -0.495 e. The summed E-state index contributed by atoms with van der Waals surface area (Å²) in [5, 5.41) is 3.27. The van der Waals surface area contributed by atoms with Crippen LogP contribution in [0.4, 0.5) is 0 Å². The number of aryl methyl sites for hydroxylation is 2. The quantitative estimate of drug-likeness (QED) is 0.916. The topological polar surface area (TPSA) is 57.5 Å². The van der Waals surface area contributed by atoms with E-state index in [2.05, 4.69) is 28.9 Å². The molecule has 6 heteroatoms. The number of imidazole rings is 1. The molecule has 0 atom stereocenters. The molecule has 2 aromatic rings. The van der Waals surface area contributed by atoms with Crippen molar-refractivity contribution in [1.29, 1.82) is 0 Å². The van der Waals surface area contributed by atoms with Gasteiger partial charge in [-0.1, -0.05) is 0 Å². The molecule has 1 aromatic heterocycles. The molecular formula is C20H23N3O3. The smallest absolute Gasteiger partial charge is 0.161 e. The maximum Gasteiger partial charge on any atom is 0.161 e. The number of methoxy groups -OCH3 is 3. The molecule has 1 aromatic carbocycles. The highest BCUT2D eigenvalue weighted by molar-refractivity contribution is 5.83. The normalized spacial score (nSPS) is 15.2. The molecule has 0 saturated heterocycles. The molecule has 26 heavy (non-hydrogen) atoms. The van der Waals surface area contributed by atoms with Crippen LogP contribution in [0.3, 0.4) is 0 Å². The molecule has 0 radical (unpaired) electrons. The lowest BCUT2D eigenvalue weighted by Gasteiger charge is -2.23. The van der Waals surface area contributed by atoms with Gasteiger partial charge >= 0.3 is 0 Å². The van der Waals surface area contributed by atoms with Crippen molar-refractivity contribution in [2.24, 2.45) is 0 Å². The number of hydrogen-bond acceptors (Lipinski definition) is 5. The van der Waals surface area contributed by atoms with E-state index in [9.17, 15) is 0 Å². The lowest BCUT2D eigenvalue weighted by molar-refractivity contribution is 0.303. The maximum absolute atomic E-state index is 5.53. The third kappa shape index (κ3) is 2.53. The van der Waals surface area contributed by atoms with Crippen molar-refractivity contribution in [2.75, 3.05) is 27.9 Å². The molecule has 4 rings (SSSR count). The molecule has 0 fully saturated rings. The van der Waals surface area contributed by atoms with E-state index >= 15 is 0 Å². The number of allylic oxidation sites excluding steroid dienone is 1. The van der Waals surface area contributed by atoms with Gasteiger partial charge in [-0.05, 0) is 37.1 Å². The second-order valence-electron chi connectivity index (χ2n) is 6.42. The van der Waals surface area contributed by atoms with Crippen LogP contribution in [0.25, 0.3) is 16.8 Å². The molecule has 136 valence electrons. The van der Waals surface area contributed by atoms with E-state index < -0.39 is 0 Å². The summed E-state index contributed by atoms with van der Waals surface area (Å²) in [6.07, 6.45) is 4.87. The first-order chi connectivity index (χ1) is 12.7. The fourth-order valence-corrected chi connectivity index (χ4v) is 3.71. The summed E-state index contributed by atoms with van der Waals surface area (Å²) in [6, 6.07) is 4.14. The van der Waals surface area contributed by atoms with Crippen molar-refractivity contribution in [1.82, 2.24) is 14.9 Å². The van der Waals surface area contributed by atoms with Crippen LogP contribution in [-0.4, -0.2) is 37.4 Å². The zero-order chi connectivity index (χ0) is 18.3. The SMILES string of the molecule is COC1=CNCC(c2nc(C)n3c2-c2cc(OC)c(OC)cc2CC3)=C1. The van der Waals surface area contributed by atoms with Gasteiger partial charge in [0.05, 0.1) is 32.7 Å². The Balaban J connectivity index is 1.91. The van der Waals surface area contributed by atoms with Gasteiger partial charge in [-0.3, -0.25) is 0 Å². The zero-order valence-corrected chi connectivity index (χ0v) is 15.5. The zero-order valence-electron chi connectivity index (χ0n) is 15.5. The standard InChI is InChI=1S/C20H23N3O3/c1-12-22-19(14-7-15(24-2)11-21-10-14)20-16-9-18(26-4)17(25-3)8-13(16)5-6-23(12)20/h7-9,11,21H,5-6,10H2,1-4H3. The largest absolute Gasteiger partial charge is 0.495 e. The molecular weight excluding hydrogens is 330 g/mol. The molecule has 6 nitrogen and oxygen atoms in total. The molecule has 0 saturated carbocycles. The van der Waals surface area contributed by atoms with E-state index in [0.29, 0.717) is 0 Å². The lowest BCUT2D eigenvalue weighted by Crippen LogP contribution is -2.17. The van der Waals surface area contributed by atoms with Crippen molar-refractivity contribution >= 4 is 5.57 Å². The van der Waals surface area contributed by atoms with Gasteiger partial charge in [0.2, 0.25) is 0 Å². The molecule has 0 spiro atoms. The van der Waals surface area contributed by atoms with Crippen molar-refractivity contribution < 1.29 is 14.2 Å². The molecule has 1 N–H and O–H groups in total. The van der Waals surface area contributed by atoms with Crippen LogP contribution in [-0.2, 0) is 17.7 Å². The predicted molar refractivity (Wildman–Crippen MR) is 100 cm³/mol. The summed E-state index contributed by atoms with van der Waals surface area (Å²) in [5.74, 6) is 3.32. The highest BCUT2D eigenvalue weighted by Crippen LogP contribution is 2.41. The van der Waals surface area contributed by atoms with Crippen molar-refractivity contribution in [3.8, 4) is 22.8 Å². The molecule has 2 aliphatic rings. The van der Waals surface area contributed by atoms with Gasteiger partial charge in [-0.2, -0.15) is 0 Å². The summed E-state index contributed by atoms with van der Waals surface area (Å²) in [4.78, 5) is 4.88. The first kappa shape index (κ1) is 16.6. The Kier molecular flexibility index (Phi) is 4.11. The Hall–Kier alpha value is -2.89. The highest BCUT2D eigenvalue weighted by atomic mass is 16.5. The number of nitrogens with one attached hydrogen (secondary N) is 1. The van der Waals surface area contributed by atoms with Gasteiger partial charge in [-0.25, -0.2) is 4.98 Å². The number of benzene rings is 1. The van der Waals surface area contributed by atoms with E-state index in [1.807, 2.05) is 12.3 Å². The average Bonchev–Trinajstić information content (AvgIpc) is 3.03. The average molecular weight is 353 g/mol. The third-order valence-electron chi connectivity index (χ3n) is 5.02. The van der Waals surface area contributed by atoms with Gasteiger partial charge in [0.25, 0.3) is 0 Å². The molecule has 2 aliphatic heterocycles. The van der Waals surface area contributed by atoms with Crippen LogP contribution in [0.15, 0.2) is 30.2 Å². The second kappa shape index (κ2) is 6.44. The van der Waals surface area contributed by atoms with Gasteiger partial charge < -0.3 is 24.1 Å². The first-order valence-electron chi connectivity index (χ1n) is 8.67. The minimum absolute atomic E-state index is 0.721. The number of hydrogen-bond donors (Lipinski definition) is 1. The van der Waals surface area contributed by atoms with Crippen LogP contribution >= 0.6 is 0 Å². The highest BCUT2D eigenvalue weighted by Gasteiger charge is 2.27. The first-order valence-corrected chi connectivity index (χ1v) is 8.67. The van der Waals surface area contributed by atoms with E-state index in [4.69, 9.17) is 19.2 Å². The summed E-state index contributed by atoms with van der Waals surface area (Å²) in [5.41, 5.74) is 5.65. The molecule has 3 heterocycles. The summed E-state index contributed by atoms with van der Waals surface area (Å²) < 4.78 is 18.7. The maximum atomic E-state index is 5.53. The number of fused-ring (bicyclic) bond motifs is 3. The van der Waals surface area contributed by atoms with Crippen LogP contribution < -0.4 is 14.8 Å². The van der Waals surface area contributed by atoms with Gasteiger partial charge in [0.15, 0.2) is 11.5 Å². The summed E-state index contributed by atoms with van der Waals surface area (Å²) in [6.45, 7) is 3.69. The molecule has 0 amide bonds. The number of ether oxygens (including phenoxy) is 3. The fourth-order valence-electron chi connectivity index (χ4n) is 3.71. The Labute approximate surface area is 153 Å². The number of aromatic nitrogens is 2. The predicted octanol–water partition coefficient (Wildman–Crippen LogP) is 2.91. The minimum atomic E-state index is 0.721. The van der Waals surface area contributed by atoms with Gasteiger partial charge in [0.1, 0.15) is 11.6 Å². The third-order valence-corrected chi connectivity index (χ3v) is 5.02. The van der Waals surface area contributed by atoms with Crippen molar-refractivity contribution in [3.05, 3.63) is 47.2 Å².